The third kappa shape index (κ3) is 4.13. The summed E-state index contributed by atoms with van der Waals surface area (Å²) >= 11 is 0. The van der Waals surface area contributed by atoms with Gasteiger partial charge in [-0.25, -0.2) is 8.78 Å². The molecule has 6 heteroatoms. The fraction of sp³-hybridized carbons (Fsp3) is 0.933. The standard InChI is InChI=1S/C15H26F2N2O2/c1-14(2,3)18-7-11-9-21-10-12(8-18)19(11)13(20)5-6-15(4,16)17/h11-12H,5-10H2,1-4H3. The van der Waals surface area contributed by atoms with Crippen molar-refractivity contribution in [3.05, 3.63) is 0 Å². The van der Waals surface area contributed by atoms with E-state index in [1.165, 1.54) is 0 Å². The second-order valence-electron chi connectivity index (χ2n) is 7.29. The van der Waals surface area contributed by atoms with E-state index < -0.39 is 5.92 Å². The highest BCUT2D eigenvalue weighted by molar-refractivity contribution is 5.77. The minimum atomic E-state index is -2.78. The lowest BCUT2D eigenvalue weighted by molar-refractivity contribution is -0.160. The average Bonchev–Trinajstić information content (AvgIpc) is 2.32. The predicted octanol–water partition coefficient (Wildman–Crippen LogP) is 2.13. The van der Waals surface area contributed by atoms with Crippen LogP contribution in [0.3, 0.4) is 0 Å². The number of nitrogens with zero attached hydrogens (tertiary/aromatic N) is 2. The molecule has 2 fully saturated rings. The highest BCUT2D eigenvalue weighted by atomic mass is 19.3. The van der Waals surface area contributed by atoms with Crippen molar-refractivity contribution in [3.63, 3.8) is 0 Å². The monoisotopic (exact) mass is 304 g/mol. The molecule has 2 aliphatic rings. The second-order valence-corrected chi connectivity index (χ2v) is 7.29. The largest absolute Gasteiger partial charge is 0.377 e. The van der Waals surface area contributed by atoms with Crippen molar-refractivity contribution in [1.29, 1.82) is 0 Å². The maximum atomic E-state index is 13.0. The second kappa shape index (κ2) is 5.80. The number of carbonyl (C=O) groups is 1. The molecule has 2 aliphatic heterocycles. The zero-order chi connectivity index (χ0) is 15.8. The first-order valence-electron chi connectivity index (χ1n) is 7.60. The number of ether oxygens (including phenoxy) is 1. The number of carbonyl (C=O) groups excluding carboxylic acids is 1. The van der Waals surface area contributed by atoms with Crippen LogP contribution in [0.4, 0.5) is 8.78 Å². The summed E-state index contributed by atoms with van der Waals surface area (Å²) in [5, 5.41) is 0. The average molecular weight is 304 g/mol. The lowest BCUT2D eigenvalue weighted by Gasteiger charge is -2.53. The van der Waals surface area contributed by atoms with Crippen LogP contribution in [0.2, 0.25) is 0 Å². The summed E-state index contributed by atoms with van der Waals surface area (Å²) in [6.45, 7) is 9.80. The summed E-state index contributed by atoms with van der Waals surface area (Å²) in [6.07, 6.45) is -0.475. The molecule has 0 aliphatic carbocycles. The fourth-order valence-electron chi connectivity index (χ4n) is 3.07. The normalized spacial score (nSPS) is 27.8. The van der Waals surface area contributed by atoms with Gasteiger partial charge in [0.15, 0.2) is 0 Å². The maximum Gasteiger partial charge on any atom is 0.245 e. The van der Waals surface area contributed by atoms with Crippen LogP contribution in [0.1, 0.15) is 40.5 Å². The third-order valence-corrected chi connectivity index (χ3v) is 4.28. The first kappa shape index (κ1) is 16.6. The number of fused-ring (bicyclic) bond motifs is 2. The highest BCUT2D eigenvalue weighted by Crippen LogP contribution is 2.28. The van der Waals surface area contributed by atoms with Gasteiger partial charge in [-0.1, -0.05) is 0 Å². The molecule has 0 radical (unpaired) electrons. The van der Waals surface area contributed by atoms with Gasteiger partial charge < -0.3 is 9.64 Å². The SMILES string of the molecule is CC(F)(F)CCC(=O)N1C2COCC1CN(C(C)(C)C)C2. The summed E-state index contributed by atoms with van der Waals surface area (Å²) < 4.78 is 31.5. The van der Waals surface area contributed by atoms with Gasteiger partial charge in [0.25, 0.3) is 0 Å². The summed E-state index contributed by atoms with van der Waals surface area (Å²) in [5.41, 5.74) is 0.0411. The first-order valence-corrected chi connectivity index (χ1v) is 7.60. The van der Waals surface area contributed by atoms with Gasteiger partial charge in [0.2, 0.25) is 11.8 Å². The van der Waals surface area contributed by atoms with E-state index in [1.807, 2.05) is 0 Å². The van der Waals surface area contributed by atoms with Crippen molar-refractivity contribution in [3.8, 4) is 0 Å². The quantitative estimate of drug-likeness (QED) is 0.801. The Morgan fingerprint density at radius 2 is 1.67 bits per heavy atom. The molecule has 2 bridgehead atoms. The summed E-state index contributed by atoms with van der Waals surface area (Å²) in [5.74, 6) is -2.95. The molecular weight excluding hydrogens is 278 g/mol. The Morgan fingerprint density at radius 3 is 2.10 bits per heavy atom. The number of piperazine rings is 1. The van der Waals surface area contributed by atoms with Crippen molar-refractivity contribution in [1.82, 2.24) is 9.80 Å². The number of hydrogen-bond donors (Lipinski definition) is 0. The molecule has 122 valence electrons. The van der Waals surface area contributed by atoms with Gasteiger partial charge in [0, 0.05) is 31.5 Å². The molecule has 0 saturated carbocycles. The van der Waals surface area contributed by atoms with E-state index in [0.717, 1.165) is 20.0 Å². The van der Waals surface area contributed by atoms with Crippen molar-refractivity contribution in [2.75, 3.05) is 26.3 Å². The molecule has 0 N–H and O–H groups in total. The van der Waals surface area contributed by atoms with Gasteiger partial charge in [0.1, 0.15) is 0 Å². The lowest BCUT2D eigenvalue weighted by atomic mass is 9.96. The lowest BCUT2D eigenvalue weighted by Crippen LogP contribution is -2.68. The van der Waals surface area contributed by atoms with Gasteiger partial charge in [-0.15, -0.1) is 0 Å². The van der Waals surface area contributed by atoms with Crippen LogP contribution in [-0.2, 0) is 9.53 Å². The minimum Gasteiger partial charge on any atom is -0.377 e. The number of halogens is 2. The van der Waals surface area contributed by atoms with E-state index in [-0.39, 0.29) is 36.4 Å². The molecule has 21 heavy (non-hydrogen) atoms. The van der Waals surface area contributed by atoms with E-state index in [1.54, 1.807) is 4.90 Å². The van der Waals surface area contributed by atoms with Crippen LogP contribution in [0.25, 0.3) is 0 Å². The van der Waals surface area contributed by atoms with Crippen LogP contribution in [-0.4, -0.2) is 65.6 Å². The van der Waals surface area contributed by atoms with E-state index in [4.69, 9.17) is 4.74 Å². The first-order chi connectivity index (χ1) is 9.58. The summed E-state index contributed by atoms with van der Waals surface area (Å²) in [6, 6.07) is -0.0376. The van der Waals surface area contributed by atoms with Gasteiger partial charge in [-0.2, -0.15) is 0 Å². The Hall–Kier alpha value is -0.750. The van der Waals surface area contributed by atoms with Crippen molar-refractivity contribution >= 4 is 5.91 Å². The van der Waals surface area contributed by atoms with Crippen molar-refractivity contribution < 1.29 is 18.3 Å². The van der Waals surface area contributed by atoms with Gasteiger partial charge >= 0.3 is 0 Å². The Labute approximate surface area is 125 Å². The molecule has 4 nitrogen and oxygen atoms in total. The minimum absolute atomic E-state index is 0.0188. The Morgan fingerprint density at radius 1 is 1.14 bits per heavy atom. The molecule has 2 unspecified atom stereocenters. The molecule has 2 rings (SSSR count). The smallest absolute Gasteiger partial charge is 0.245 e. The van der Waals surface area contributed by atoms with E-state index >= 15 is 0 Å². The maximum absolute atomic E-state index is 13.0. The van der Waals surface area contributed by atoms with Gasteiger partial charge in [-0.3, -0.25) is 9.69 Å². The summed E-state index contributed by atoms with van der Waals surface area (Å²) in [7, 11) is 0. The van der Waals surface area contributed by atoms with Crippen LogP contribution < -0.4 is 0 Å². The third-order valence-electron chi connectivity index (χ3n) is 4.28. The van der Waals surface area contributed by atoms with E-state index in [0.29, 0.717) is 13.2 Å². The van der Waals surface area contributed by atoms with Crippen LogP contribution in [0.15, 0.2) is 0 Å². The number of rotatable bonds is 3. The highest BCUT2D eigenvalue weighted by Gasteiger charge is 2.43. The molecule has 1 amide bonds. The Balaban J connectivity index is 2.03. The van der Waals surface area contributed by atoms with Crippen LogP contribution in [0.5, 0.6) is 0 Å². The molecule has 2 atom stereocenters. The van der Waals surface area contributed by atoms with Crippen molar-refractivity contribution in [2.45, 2.75) is 64.1 Å². The summed E-state index contributed by atoms with van der Waals surface area (Å²) in [4.78, 5) is 16.5. The number of morpholine rings is 1. The number of hydrogen-bond acceptors (Lipinski definition) is 3. The molecule has 2 saturated heterocycles. The van der Waals surface area contributed by atoms with Gasteiger partial charge in [-0.05, 0) is 27.7 Å². The zero-order valence-electron chi connectivity index (χ0n) is 13.4. The molecule has 0 aromatic heterocycles. The van der Waals surface area contributed by atoms with E-state index in [9.17, 15) is 13.6 Å². The Kier molecular flexibility index (Phi) is 4.59. The molecular formula is C15H26F2N2O2. The fourth-order valence-corrected chi connectivity index (χ4v) is 3.07. The van der Waals surface area contributed by atoms with Crippen LogP contribution >= 0.6 is 0 Å². The molecule has 0 aromatic rings. The topological polar surface area (TPSA) is 32.8 Å². The van der Waals surface area contributed by atoms with E-state index in [2.05, 4.69) is 25.7 Å². The molecule has 2 heterocycles. The van der Waals surface area contributed by atoms with Crippen LogP contribution in [0, 0.1) is 0 Å². The van der Waals surface area contributed by atoms with Crippen molar-refractivity contribution in [2.24, 2.45) is 0 Å². The molecule has 0 aromatic carbocycles. The number of amides is 1. The Bertz CT molecular complexity index is 376. The molecule has 0 spiro atoms. The zero-order valence-corrected chi connectivity index (χ0v) is 13.4. The number of alkyl halides is 2. The van der Waals surface area contributed by atoms with Gasteiger partial charge in [0.05, 0.1) is 25.3 Å². The predicted molar refractivity (Wildman–Crippen MR) is 76.4 cm³/mol.